The topological polar surface area (TPSA) is 73.2 Å². The van der Waals surface area contributed by atoms with Gasteiger partial charge < -0.3 is 10.1 Å². The summed E-state index contributed by atoms with van der Waals surface area (Å²) in [5.41, 5.74) is 0.813. The first kappa shape index (κ1) is 16.4. The number of carbonyl (C=O) groups excluding carboxylic acids is 2. The van der Waals surface area contributed by atoms with Crippen LogP contribution in [0.2, 0.25) is 0 Å². The first-order valence-electron chi connectivity index (χ1n) is 7.40. The number of carbonyl (C=O) groups is 2. The Labute approximate surface area is 142 Å². The van der Waals surface area contributed by atoms with Crippen molar-refractivity contribution in [3.05, 3.63) is 77.9 Å². The predicted molar refractivity (Wildman–Crippen MR) is 89.0 cm³/mol. The molecule has 1 N–H and O–H groups in total. The summed E-state index contributed by atoms with van der Waals surface area (Å²) in [5, 5.41) is 6.63. The van der Waals surface area contributed by atoms with Crippen LogP contribution in [-0.4, -0.2) is 21.7 Å². The minimum absolute atomic E-state index is 0.142. The molecule has 0 saturated heterocycles. The normalized spacial score (nSPS) is 10.3. The molecule has 3 rings (SSSR count). The minimum atomic E-state index is -0.787. The van der Waals surface area contributed by atoms with E-state index in [9.17, 15) is 14.0 Å². The summed E-state index contributed by atoms with van der Waals surface area (Å²) in [4.78, 5) is 24.0. The molecule has 7 heteroatoms. The fourth-order valence-corrected chi connectivity index (χ4v) is 2.14. The smallest absolute Gasteiger partial charge is 0.346 e. The van der Waals surface area contributed by atoms with E-state index in [0.717, 1.165) is 0 Å². The second-order valence-electron chi connectivity index (χ2n) is 5.25. The fraction of sp³-hybridized carbons (Fsp3) is 0.0556. The number of nitrogens with one attached hydrogen (secondary N) is 1. The van der Waals surface area contributed by atoms with Gasteiger partial charge >= 0.3 is 5.97 Å². The van der Waals surface area contributed by atoms with Gasteiger partial charge in [-0.1, -0.05) is 12.1 Å². The van der Waals surface area contributed by atoms with Gasteiger partial charge in [-0.25, -0.2) is 9.18 Å². The highest BCUT2D eigenvalue weighted by molar-refractivity contribution is 6.04. The number of hydrogen-bond donors (Lipinski definition) is 1. The van der Waals surface area contributed by atoms with E-state index in [4.69, 9.17) is 4.74 Å². The fourth-order valence-electron chi connectivity index (χ4n) is 2.14. The zero-order valence-corrected chi connectivity index (χ0v) is 13.3. The molecule has 0 aliphatic carbocycles. The van der Waals surface area contributed by atoms with E-state index >= 15 is 0 Å². The van der Waals surface area contributed by atoms with Crippen LogP contribution in [0, 0.1) is 5.82 Å². The van der Waals surface area contributed by atoms with E-state index in [0.29, 0.717) is 11.3 Å². The first-order chi connectivity index (χ1) is 12.0. The van der Waals surface area contributed by atoms with Crippen molar-refractivity contribution in [3.8, 4) is 5.75 Å². The Morgan fingerprint density at radius 1 is 1.12 bits per heavy atom. The molecule has 1 amide bonds. The third-order valence-electron chi connectivity index (χ3n) is 3.38. The van der Waals surface area contributed by atoms with Crippen molar-refractivity contribution in [1.82, 2.24) is 9.78 Å². The summed E-state index contributed by atoms with van der Waals surface area (Å²) in [5.74, 6) is -1.49. The molecule has 0 fully saturated rings. The summed E-state index contributed by atoms with van der Waals surface area (Å²) in [6.07, 6.45) is 3.06. The highest BCUT2D eigenvalue weighted by atomic mass is 19.1. The highest BCUT2D eigenvalue weighted by Gasteiger charge is 2.13. The second kappa shape index (κ2) is 6.96. The molecule has 6 nitrogen and oxygen atoms in total. The minimum Gasteiger partial charge on any atom is -0.423 e. The van der Waals surface area contributed by atoms with Crippen molar-refractivity contribution in [2.75, 3.05) is 5.32 Å². The van der Waals surface area contributed by atoms with E-state index < -0.39 is 11.8 Å². The first-order valence-corrected chi connectivity index (χ1v) is 7.40. The number of aromatic nitrogens is 2. The molecule has 25 heavy (non-hydrogen) atoms. The van der Waals surface area contributed by atoms with Gasteiger partial charge in [0.2, 0.25) is 0 Å². The lowest BCUT2D eigenvalue weighted by molar-refractivity contribution is 0.0729. The Bertz CT molecular complexity index is 919. The molecule has 0 bridgehead atoms. The van der Waals surface area contributed by atoms with Gasteiger partial charge in [-0.05, 0) is 36.4 Å². The predicted octanol–water partition coefficient (Wildman–Crippen LogP) is 3.03. The summed E-state index contributed by atoms with van der Waals surface area (Å²) in [7, 11) is 1.72. The highest BCUT2D eigenvalue weighted by Crippen LogP contribution is 2.18. The van der Waals surface area contributed by atoms with Crippen molar-refractivity contribution >= 4 is 17.6 Å². The maximum atomic E-state index is 13.6. The largest absolute Gasteiger partial charge is 0.423 e. The molecule has 0 aliphatic heterocycles. The van der Waals surface area contributed by atoms with Crippen LogP contribution in [0.1, 0.15) is 20.7 Å². The van der Waals surface area contributed by atoms with Gasteiger partial charge in [-0.2, -0.15) is 5.10 Å². The Hall–Kier alpha value is -3.48. The molecule has 2 aromatic carbocycles. The number of halogens is 1. The van der Waals surface area contributed by atoms with Crippen LogP contribution in [0.15, 0.2) is 60.9 Å². The van der Waals surface area contributed by atoms with Gasteiger partial charge in [0.05, 0.1) is 17.3 Å². The second-order valence-corrected chi connectivity index (χ2v) is 5.25. The van der Waals surface area contributed by atoms with E-state index in [1.54, 1.807) is 31.4 Å². The number of ether oxygens (including phenoxy) is 1. The van der Waals surface area contributed by atoms with E-state index in [1.807, 2.05) is 0 Å². The molecule has 0 saturated carbocycles. The van der Waals surface area contributed by atoms with Crippen LogP contribution in [0.3, 0.4) is 0 Å². The van der Waals surface area contributed by atoms with Gasteiger partial charge in [-0.15, -0.1) is 0 Å². The van der Waals surface area contributed by atoms with Crippen LogP contribution < -0.4 is 10.1 Å². The molecular weight excluding hydrogens is 325 g/mol. The number of rotatable bonds is 4. The molecule has 0 unspecified atom stereocenters. The van der Waals surface area contributed by atoms with E-state index in [1.165, 1.54) is 41.2 Å². The van der Waals surface area contributed by atoms with Crippen LogP contribution in [0.25, 0.3) is 0 Å². The molecule has 0 atom stereocenters. The zero-order valence-electron chi connectivity index (χ0n) is 13.3. The molecule has 3 aromatic rings. The van der Waals surface area contributed by atoms with Gasteiger partial charge in [0.1, 0.15) is 11.6 Å². The van der Waals surface area contributed by atoms with Crippen molar-refractivity contribution < 1.29 is 18.7 Å². The van der Waals surface area contributed by atoms with Crippen LogP contribution in [0.5, 0.6) is 5.75 Å². The number of amides is 1. The van der Waals surface area contributed by atoms with Crippen molar-refractivity contribution in [2.24, 2.45) is 7.05 Å². The van der Waals surface area contributed by atoms with Crippen LogP contribution in [-0.2, 0) is 7.05 Å². The third kappa shape index (κ3) is 3.89. The summed E-state index contributed by atoms with van der Waals surface area (Å²) in [6, 6.07) is 11.8. The Balaban J connectivity index is 1.65. The SMILES string of the molecule is Cn1cc(C(=O)Nc2ccc(OC(=O)c3ccccc3F)cc2)cn1. The van der Waals surface area contributed by atoms with Crippen molar-refractivity contribution in [2.45, 2.75) is 0 Å². The molecule has 1 heterocycles. The molecule has 0 spiro atoms. The standard InChI is InChI=1S/C18H14FN3O3/c1-22-11-12(10-20-22)17(23)21-13-6-8-14(9-7-13)25-18(24)15-4-2-3-5-16(15)19/h2-11H,1H3,(H,21,23). The Morgan fingerprint density at radius 2 is 1.84 bits per heavy atom. The molecule has 1 aromatic heterocycles. The third-order valence-corrected chi connectivity index (χ3v) is 3.38. The molecule has 126 valence electrons. The number of benzene rings is 2. The van der Waals surface area contributed by atoms with Gasteiger partial charge in [-0.3, -0.25) is 9.48 Å². The number of hydrogen-bond acceptors (Lipinski definition) is 4. The van der Waals surface area contributed by atoms with Crippen molar-refractivity contribution in [3.63, 3.8) is 0 Å². The molecular formula is C18H14FN3O3. The van der Waals surface area contributed by atoms with E-state index in [-0.39, 0.29) is 17.2 Å². The maximum Gasteiger partial charge on any atom is 0.346 e. The summed E-state index contributed by atoms with van der Waals surface area (Å²) >= 11 is 0. The zero-order chi connectivity index (χ0) is 17.8. The quantitative estimate of drug-likeness (QED) is 0.586. The number of aryl methyl sites for hydroxylation is 1. The van der Waals surface area contributed by atoms with E-state index in [2.05, 4.69) is 10.4 Å². The Morgan fingerprint density at radius 3 is 2.48 bits per heavy atom. The van der Waals surface area contributed by atoms with Crippen molar-refractivity contribution in [1.29, 1.82) is 0 Å². The van der Waals surface area contributed by atoms with Gasteiger partial charge in [0.25, 0.3) is 5.91 Å². The average molecular weight is 339 g/mol. The number of anilines is 1. The monoisotopic (exact) mass is 339 g/mol. The molecule has 0 aliphatic rings. The lowest BCUT2D eigenvalue weighted by atomic mass is 10.2. The Kier molecular flexibility index (Phi) is 4.56. The number of esters is 1. The van der Waals surface area contributed by atoms with Gasteiger partial charge in [0.15, 0.2) is 0 Å². The maximum absolute atomic E-state index is 13.6. The lowest BCUT2D eigenvalue weighted by Crippen LogP contribution is -2.12. The molecule has 0 radical (unpaired) electrons. The van der Waals surface area contributed by atoms with Crippen LogP contribution in [0.4, 0.5) is 10.1 Å². The number of nitrogens with zero attached hydrogens (tertiary/aromatic N) is 2. The summed E-state index contributed by atoms with van der Waals surface area (Å²) < 4.78 is 20.2. The lowest BCUT2D eigenvalue weighted by Gasteiger charge is -2.07. The van der Waals surface area contributed by atoms with Gasteiger partial charge in [0, 0.05) is 18.9 Å². The average Bonchev–Trinajstić information content (AvgIpc) is 3.03. The van der Waals surface area contributed by atoms with Crippen LogP contribution >= 0.6 is 0 Å². The summed E-state index contributed by atoms with van der Waals surface area (Å²) in [6.45, 7) is 0.